The molecule has 0 spiro atoms. The molecule has 0 bridgehead atoms. The van der Waals surface area contributed by atoms with Crippen molar-refractivity contribution < 1.29 is 9.53 Å². The predicted octanol–water partition coefficient (Wildman–Crippen LogP) is 2.76. The van der Waals surface area contributed by atoms with Gasteiger partial charge in [-0.3, -0.25) is 4.90 Å². The number of piperazine rings is 1. The molecule has 1 aliphatic heterocycles. The van der Waals surface area contributed by atoms with Crippen molar-refractivity contribution in [3.8, 4) is 0 Å². The number of ether oxygens (including phenoxy) is 1. The van der Waals surface area contributed by atoms with Crippen molar-refractivity contribution in [2.24, 2.45) is 0 Å². The molecule has 0 N–H and O–H groups in total. The van der Waals surface area contributed by atoms with Gasteiger partial charge in [0, 0.05) is 37.8 Å². The lowest BCUT2D eigenvalue weighted by Gasteiger charge is -2.37. The number of thiazole rings is 1. The maximum absolute atomic E-state index is 12.0. The standard InChI is InChI=1S/C14H23N3O2S/c1-11(12-15-5-10-20-12)16-6-8-17(9-7-16)13(18)19-14(2,3)4/h5,10-11H,6-9H2,1-4H3. The van der Waals surface area contributed by atoms with Crippen LogP contribution in [-0.2, 0) is 4.74 Å². The van der Waals surface area contributed by atoms with Crippen LogP contribution in [0.5, 0.6) is 0 Å². The lowest BCUT2D eigenvalue weighted by molar-refractivity contribution is 0.0110. The number of carbonyl (C=O) groups is 1. The van der Waals surface area contributed by atoms with E-state index in [2.05, 4.69) is 16.8 Å². The zero-order chi connectivity index (χ0) is 14.8. The summed E-state index contributed by atoms with van der Waals surface area (Å²) in [5, 5.41) is 3.14. The first-order chi connectivity index (χ1) is 9.37. The topological polar surface area (TPSA) is 45.7 Å². The number of nitrogens with zero attached hydrogens (tertiary/aromatic N) is 3. The van der Waals surface area contributed by atoms with Gasteiger partial charge >= 0.3 is 6.09 Å². The van der Waals surface area contributed by atoms with E-state index in [0.717, 1.165) is 18.1 Å². The molecule has 2 rings (SSSR count). The van der Waals surface area contributed by atoms with Gasteiger partial charge < -0.3 is 9.64 Å². The average molecular weight is 297 g/mol. The summed E-state index contributed by atoms with van der Waals surface area (Å²) in [6, 6.07) is 0.316. The lowest BCUT2D eigenvalue weighted by Crippen LogP contribution is -2.50. The normalized spacial score (nSPS) is 18.9. The minimum atomic E-state index is -0.428. The second kappa shape index (κ2) is 6.10. The number of hydrogen-bond acceptors (Lipinski definition) is 5. The van der Waals surface area contributed by atoms with Crippen LogP contribution in [0.15, 0.2) is 11.6 Å². The smallest absolute Gasteiger partial charge is 0.410 e. The molecular formula is C14H23N3O2S. The van der Waals surface area contributed by atoms with Crippen LogP contribution < -0.4 is 0 Å². The SMILES string of the molecule is CC(c1nccs1)N1CCN(C(=O)OC(C)(C)C)CC1. The van der Waals surface area contributed by atoms with Crippen molar-refractivity contribution in [3.63, 3.8) is 0 Å². The first-order valence-corrected chi connectivity index (χ1v) is 7.86. The quantitative estimate of drug-likeness (QED) is 0.842. The summed E-state index contributed by atoms with van der Waals surface area (Å²) in [5.41, 5.74) is -0.428. The van der Waals surface area contributed by atoms with Gasteiger partial charge in [-0.1, -0.05) is 0 Å². The Labute approximate surface area is 124 Å². The summed E-state index contributed by atoms with van der Waals surface area (Å²) in [4.78, 5) is 20.5. The Balaban J connectivity index is 1.85. The van der Waals surface area contributed by atoms with Crippen LogP contribution in [0, 0.1) is 0 Å². The third kappa shape index (κ3) is 3.93. The Kier molecular flexibility index (Phi) is 4.65. The third-order valence-corrected chi connectivity index (χ3v) is 4.27. The van der Waals surface area contributed by atoms with Crippen molar-refractivity contribution in [1.29, 1.82) is 0 Å². The summed E-state index contributed by atoms with van der Waals surface area (Å²) in [6.45, 7) is 11.0. The van der Waals surface area contributed by atoms with Gasteiger partial charge in [0.2, 0.25) is 0 Å². The molecule has 1 aromatic heterocycles. The Hall–Kier alpha value is -1.14. The predicted molar refractivity (Wildman–Crippen MR) is 79.9 cm³/mol. The summed E-state index contributed by atoms with van der Waals surface area (Å²) in [5.74, 6) is 0. The Morgan fingerprint density at radius 2 is 2.00 bits per heavy atom. The first kappa shape index (κ1) is 15.3. The molecule has 2 heterocycles. The largest absolute Gasteiger partial charge is 0.444 e. The van der Waals surface area contributed by atoms with E-state index in [0.29, 0.717) is 19.1 Å². The maximum Gasteiger partial charge on any atom is 0.410 e. The molecule has 112 valence electrons. The molecular weight excluding hydrogens is 274 g/mol. The molecule has 1 amide bonds. The van der Waals surface area contributed by atoms with Gasteiger partial charge in [-0.2, -0.15) is 0 Å². The molecule has 1 aliphatic rings. The molecule has 1 atom stereocenters. The van der Waals surface area contributed by atoms with Gasteiger partial charge in [0.05, 0.1) is 6.04 Å². The minimum absolute atomic E-state index is 0.209. The molecule has 1 unspecified atom stereocenters. The Bertz CT molecular complexity index is 434. The number of amides is 1. The first-order valence-electron chi connectivity index (χ1n) is 6.98. The molecule has 0 aromatic carbocycles. The second-order valence-corrected chi connectivity index (χ2v) is 6.98. The molecule has 6 heteroatoms. The van der Waals surface area contributed by atoms with Crippen LogP contribution >= 0.6 is 11.3 Å². The van der Waals surface area contributed by atoms with Crippen molar-refractivity contribution in [2.45, 2.75) is 39.3 Å². The molecule has 1 saturated heterocycles. The fourth-order valence-corrected chi connectivity index (χ4v) is 2.94. The van der Waals surface area contributed by atoms with Crippen molar-refractivity contribution in [3.05, 3.63) is 16.6 Å². The monoisotopic (exact) mass is 297 g/mol. The molecule has 1 aromatic rings. The minimum Gasteiger partial charge on any atom is -0.444 e. The van der Waals surface area contributed by atoms with Crippen LogP contribution in [-0.4, -0.2) is 52.7 Å². The van der Waals surface area contributed by atoms with Crippen LogP contribution in [0.4, 0.5) is 4.79 Å². The molecule has 20 heavy (non-hydrogen) atoms. The van der Waals surface area contributed by atoms with Crippen LogP contribution in [0.3, 0.4) is 0 Å². The number of hydrogen-bond donors (Lipinski definition) is 0. The highest BCUT2D eigenvalue weighted by Crippen LogP contribution is 2.23. The molecule has 1 fully saturated rings. The molecule has 0 radical (unpaired) electrons. The van der Waals surface area contributed by atoms with Gasteiger partial charge in [-0.15, -0.1) is 11.3 Å². The fourth-order valence-electron chi connectivity index (χ4n) is 2.22. The Morgan fingerprint density at radius 1 is 1.35 bits per heavy atom. The van der Waals surface area contributed by atoms with E-state index in [1.807, 2.05) is 32.3 Å². The zero-order valence-electron chi connectivity index (χ0n) is 12.6. The van der Waals surface area contributed by atoms with E-state index >= 15 is 0 Å². The second-order valence-electron chi connectivity index (χ2n) is 6.05. The van der Waals surface area contributed by atoms with E-state index in [9.17, 15) is 4.79 Å². The highest BCUT2D eigenvalue weighted by molar-refractivity contribution is 7.09. The maximum atomic E-state index is 12.0. The highest BCUT2D eigenvalue weighted by Gasteiger charge is 2.28. The van der Waals surface area contributed by atoms with E-state index in [1.54, 1.807) is 16.2 Å². The van der Waals surface area contributed by atoms with Gasteiger partial charge in [0.15, 0.2) is 0 Å². The van der Waals surface area contributed by atoms with Gasteiger partial charge in [-0.05, 0) is 27.7 Å². The fraction of sp³-hybridized carbons (Fsp3) is 0.714. The van der Waals surface area contributed by atoms with Crippen LogP contribution in [0.25, 0.3) is 0 Å². The average Bonchev–Trinajstić information content (AvgIpc) is 2.90. The summed E-state index contributed by atoms with van der Waals surface area (Å²) < 4.78 is 5.40. The summed E-state index contributed by atoms with van der Waals surface area (Å²) >= 11 is 1.68. The lowest BCUT2D eigenvalue weighted by atomic mass is 10.2. The highest BCUT2D eigenvalue weighted by atomic mass is 32.1. The summed E-state index contributed by atoms with van der Waals surface area (Å²) in [6.07, 6.45) is 1.63. The van der Waals surface area contributed by atoms with Gasteiger partial charge in [0.1, 0.15) is 10.6 Å². The molecule has 0 aliphatic carbocycles. The number of aromatic nitrogens is 1. The van der Waals surface area contributed by atoms with Crippen molar-refractivity contribution in [2.75, 3.05) is 26.2 Å². The van der Waals surface area contributed by atoms with Crippen LogP contribution in [0.1, 0.15) is 38.7 Å². The number of carbonyl (C=O) groups excluding carboxylic acids is 1. The van der Waals surface area contributed by atoms with Crippen molar-refractivity contribution >= 4 is 17.4 Å². The van der Waals surface area contributed by atoms with Gasteiger partial charge in [-0.25, -0.2) is 9.78 Å². The van der Waals surface area contributed by atoms with E-state index in [-0.39, 0.29) is 6.09 Å². The Morgan fingerprint density at radius 3 is 2.50 bits per heavy atom. The molecule has 0 saturated carbocycles. The number of rotatable bonds is 2. The van der Waals surface area contributed by atoms with E-state index in [1.165, 1.54) is 0 Å². The van der Waals surface area contributed by atoms with Gasteiger partial charge in [0.25, 0.3) is 0 Å². The van der Waals surface area contributed by atoms with Crippen LogP contribution in [0.2, 0.25) is 0 Å². The van der Waals surface area contributed by atoms with E-state index < -0.39 is 5.60 Å². The van der Waals surface area contributed by atoms with E-state index in [4.69, 9.17) is 4.74 Å². The van der Waals surface area contributed by atoms with Crippen molar-refractivity contribution in [1.82, 2.24) is 14.8 Å². The molecule has 5 nitrogen and oxygen atoms in total. The summed E-state index contributed by atoms with van der Waals surface area (Å²) in [7, 11) is 0. The third-order valence-electron chi connectivity index (χ3n) is 3.32. The zero-order valence-corrected chi connectivity index (χ0v) is 13.4.